The average molecular weight is 242 g/mol. The number of nitrogens with one attached hydrogen (secondary N) is 3. The van der Waals surface area contributed by atoms with Crippen LogP contribution in [0.25, 0.3) is 0 Å². The van der Waals surface area contributed by atoms with E-state index >= 15 is 0 Å². The molecule has 94 valence electrons. The number of amides is 2. The van der Waals surface area contributed by atoms with Crippen molar-refractivity contribution in [1.82, 2.24) is 20.6 Å². The standard InChI is InChI=1S/C9H14N4O4/c1-5(14)7(8(15)16)13-9(17)12-4-6-10-2-3-11-6/h2-3,5,7,14H,4H2,1H3,(H,10,11)(H,15,16)(H2,12,13,17)/t5-,7+/m1/s1. The highest BCUT2D eigenvalue weighted by atomic mass is 16.4. The molecule has 2 amide bonds. The van der Waals surface area contributed by atoms with Crippen LogP contribution >= 0.6 is 0 Å². The summed E-state index contributed by atoms with van der Waals surface area (Å²) in [6, 6.07) is -2.03. The van der Waals surface area contributed by atoms with Crippen LogP contribution in [0.5, 0.6) is 0 Å². The number of carboxylic acids is 1. The number of urea groups is 1. The molecule has 0 spiro atoms. The van der Waals surface area contributed by atoms with Crippen molar-refractivity contribution in [3.8, 4) is 0 Å². The highest BCUT2D eigenvalue weighted by Gasteiger charge is 2.24. The van der Waals surface area contributed by atoms with E-state index in [-0.39, 0.29) is 6.54 Å². The molecule has 0 bridgehead atoms. The lowest BCUT2D eigenvalue weighted by Gasteiger charge is -2.17. The van der Waals surface area contributed by atoms with Crippen LogP contribution < -0.4 is 10.6 Å². The lowest BCUT2D eigenvalue weighted by Crippen LogP contribution is -2.51. The quantitative estimate of drug-likeness (QED) is 0.454. The van der Waals surface area contributed by atoms with Crippen LogP contribution in [0, 0.1) is 0 Å². The summed E-state index contributed by atoms with van der Waals surface area (Å²) in [6.45, 7) is 1.43. The maximum atomic E-state index is 11.3. The highest BCUT2D eigenvalue weighted by molar-refractivity contribution is 5.82. The minimum atomic E-state index is -1.34. The first-order valence-corrected chi connectivity index (χ1v) is 4.94. The molecule has 0 aliphatic heterocycles. The molecule has 8 nitrogen and oxygen atoms in total. The second-order valence-electron chi connectivity index (χ2n) is 3.42. The van der Waals surface area contributed by atoms with Crippen molar-refractivity contribution >= 4 is 12.0 Å². The number of aliphatic hydroxyl groups excluding tert-OH is 1. The van der Waals surface area contributed by atoms with Crippen LogP contribution in [0.2, 0.25) is 0 Å². The molecule has 1 aromatic rings. The molecule has 0 saturated carbocycles. The van der Waals surface area contributed by atoms with Crippen molar-refractivity contribution in [1.29, 1.82) is 0 Å². The minimum Gasteiger partial charge on any atom is -0.480 e. The molecule has 1 heterocycles. The predicted octanol–water partition coefficient (Wildman–Crippen LogP) is -0.957. The molecule has 0 aliphatic carbocycles. The molecule has 2 atom stereocenters. The van der Waals surface area contributed by atoms with Gasteiger partial charge in [-0.3, -0.25) is 0 Å². The number of hydrogen-bond acceptors (Lipinski definition) is 4. The zero-order valence-corrected chi connectivity index (χ0v) is 9.17. The Balaban J connectivity index is 2.40. The number of aliphatic carboxylic acids is 1. The van der Waals surface area contributed by atoms with Gasteiger partial charge in [0.2, 0.25) is 0 Å². The normalized spacial score (nSPS) is 13.8. The van der Waals surface area contributed by atoms with Gasteiger partial charge in [0, 0.05) is 12.4 Å². The Morgan fingerprint density at radius 1 is 1.59 bits per heavy atom. The average Bonchev–Trinajstić information content (AvgIpc) is 2.74. The van der Waals surface area contributed by atoms with Crippen molar-refractivity contribution in [3.05, 3.63) is 18.2 Å². The number of aliphatic hydroxyl groups is 1. The van der Waals surface area contributed by atoms with Gasteiger partial charge in [0.05, 0.1) is 12.6 Å². The minimum absolute atomic E-state index is 0.144. The first-order chi connectivity index (χ1) is 8.00. The maximum Gasteiger partial charge on any atom is 0.328 e. The number of carboxylic acid groups (broad SMARTS) is 1. The fraction of sp³-hybridized carbons (Fsp3) is 0.444. The van der Waals surface area contributed by atoms with Crippen LogP contribution in [-0.4, -0.2) is 44.3 Å². The van der Waals surface area contributed by atoms with Gasteiger partial charge in [-0.25, -0.2) is 14.6 Å². The second kappa shape index (κ2) is 5.85. The first-order valence-electron chi connectivity index (χ1n) is 4.94. The molecule has 5 N–H and O–H groups in total. The van der Waals surface area contributed by atoms with Gasteiger partial charge in [0.25, 0.3) is 0 Å². The Kier molecular flexibility index (Phi) is 4.46. The Morgan fingerprint density at radius 3 is 2.76 bits per heavy atom. The fourth-order valence-corrected chi connectivity index (χ4v) is 1.14. The summed E-state index contributed by atoms with van der Waals surface area (Å²) < 4.78 is 0. The number of aromatic nitrogens is 2. The molecule has 1 rings (SSSR count). The molecule has 0 radical (unpaired) electrons. The van der Waals surface area contributed by atoms with Crippen molar-refractivity contribution in [2.75, 3.05) is 0 Å². The highest BCUT2D eigenvalue weighted by Crippen LogP contribution is 1.93. The van der Waals surface area contributed by atoms with E-state index in [1.165, 1.54) is 13.1 Å². The zero-order valence-electron chi connectivity index (χ0n) is 9.17. The summed E-state index contributed by atoms with van der Waals surface area (Å²) in [7, 11) is 0. The summed E-state index contributed by atoms with van der Waals surface area (Å²) in [5.74, 6) is -0.753. The van der Waals surface area contributed by atoms with Crippen LogP contribution in [0.15, 0.2) is 12.4 Å². The van der Waals surface area contributed by atoms with Gasteiger partial charge in [0.1, 0.15) is 5.82 Å². The van der Waals surface area contributed by atoms with Gasteiger partial charge >= 0.3 is 12.0 Å². The van der Waals surface area contributed by atoms with E-state index in [0.717, 1.165) is 0 Å². The van der Waals surface area contributed by atoms with Crippen LogP contribution in [-0.2, 0) is 11.3 Å². The number of imidazole rings is 1. The summed E-state index contributed by atoms with van der Waals surface area (Å²) >= 11 is 0. The number of H-pyrrole nitrogens is 1. The smallest absolute Gasteiger partial charge is 0.328 e. The third kappa shape index (κ3) is 4.11. The van der Waals surface area contributed by atoms with Crippen molar-refractivity contribution in [3.63, 3.8) is 0 Å². The molecular weight excluding hydrogens is 228 g/mol. The van der Waals surface area contributed by atoms with Gasteiger partial charge in [-0.05, 0) is 6.92 Å². The Labute approximate surface area is 97.1 Å². The molecule has 0 aliphatic rings. The molecule has 0 saturated heterocycles. The van der Waals surface area contributed by atoms with Crippen molar-refractivity contribution < 1.29 is 19.8 Å². The number of aromatic amines is 1. The number of hydrogen-bond donors (Lipinski definition) is 5. The fourth-order valence-electron chi connectivity index (χ4n) is 1.14. The van der Waals surface area contributed by atoms with Crippen molar-refractivity contribution in [2.45, 2.75) is 25.6 Å². The summed E-state index contributed by atoms with van der Waals surface area (Å²) in [5, 5.41) is 22.4. The molecular formula is C9H14N4O4. The van der Waals surface area contributed by atoms with Gasteiger partial charge in [-0.1, -0.05) is 0 Å². The maximum absolute atomic E-state index is 11.3. The molecule has 0 fully saturated rings. The van der Waals surface area contributed by atoms with Crippen LogP contribution in [0.3, 0.4) is 0 Å². The zero-order chi connectivity index (χ0) is 12.8. The van der Waals surface area contributed by atoms with E-state index in [4.69, 9.17) is 10.2 Å². The van der Waals surface area contributed by atoms with Gasteiger partial charge in [0.15, 0.2) is 6.04 Å². The third-order valence-corrected chi connectivity index (χ3v) is 2.01. The van der Waals surface area contributed by atoms with Crippen LogP contribution in [0.1, 0.15) is 12.7 Å². The SMILES string of the molecule is C[C@@H](O)[C@H](NC(=O)NCc1ncc[nH]1)C(=O)O. The van der Waals surface area contributed by atoms with Gasteiger partial charge < -0.3 is 25.8 Å². The van der Waals surface area contributed by atoms with E-state index in [1.807, 2.05) is 0 Å². The lowest BCUT2D eigenvalue weighted by atomic mass is 10.2. The first kappa shape index (κ1) is 13.0. The Bertz CT molecular complexity index is 376. The lowest BCUT2D eigenvalue weighted by molar-refractivity contribution is -0.141. The predicted molar refractivity (Wildman–Crippen MR) is 57.1 cm³/mol. The largest absolute Gasteiger partial charge is 0.480 e. The molecule has 0 unspecified atom stereocenters. The van der Waals surface area contributed by atoms with Gasteiger partial charge in [-0.2, -0.15) is 0 Å². The second-order valence-corrected chi connectivity index (χ2v) is 3.42. The monoisotopic (exact) mass is 242 g/mol. The van der Waals surface area contributed by atoms with Crippen LogP contribution in [0.4, 0.5) is 4.79 Å². The van der Waals surface area contributed by atoms with E-state index in [0.29, 0.717) is 5.82 Å². The number of carbonyl (C=O) groups is 2. The number of nitrogens with zero attached hydrogens (tertiary/aromatic N) is 1. The van der Waals surface area contributed by atoms with E-state index < -0.39 is 24.1 Å². The molecule has 8 heteroatoms. The molecule has 17 heavy (non-hydrogen) atoms. The Morgan fingerprint density at radius 2 is 2.29 bits per heavy atom. The molecule has 0 aromatic carbocycles. The van der Waals surface area contributed by atoms with E-state index in [1.54, 1.807) is 6.20 Å². The topological polar surface area (TPSA) is 127 Å². The van der Waals surface area contributed by atoms with Gasteiger partial charge in [-0.15, -0.1) is 0 Å². The van der Waals surface area contributed by atoms with E-state index in [2.05, 4.69) is 20.6 Å². The molecule has 1 aromatic heterocycles. The number of carbonyl (C=O) groups excluding carboxylic acids is 1. The van der Waals surface area contributed by atoms with E-state index in [9.17, 15) is 9.59 Å². The summed E-state index contributed by atoms with van der Waals surface area (Å²) in [4.78, 5) is 28.7. The number of rotatable bonds is 5. The Hall–Kier alpha value is -2.09. The van der Waals surface area contributed by atoms with Crippen molar-refractivity contribution in [2.24, 2.45) is 0 Å². The third-order valence-electron chi connectivity index (χ3n) is 2.01. The summed E-state index contributed by atoms with van der Waals surface area (Å²) in [5.41, 5.74) is 0. The summed E-state index contributed by atoms with van der Waals surface area (Å²) in [6.07, 6.45) is 1.96.